The summed E-state index contributed by atoms with van der Waals surface area (Å²) in [5.41, 5.74) is 3.09. The van der Waals surface area contributed by atoms with E-state index in [1.807, 2.05) is 19.9 Å². The van der Waals surface area contributed by atoms with Crippen LogP contribution in [0.4, 0.5) is 5.69 Å². The molecule has 0 radical (unpaired) electrons. The van der Waals surface area contributed by atoms with Crippen molar-refractivity contribution in [3.63, 3.8) is 0 Å². The highest BCUT2D eigenvalue weighted by atomic mass is 35.5. The van der Waals surface area contributed by atoms with Crippen LogP contribution in [0, 0.1) is 13.8 Å². The first kappa shape index (κ1) is 18.1. The third kappa shape index (κ3) is 5.17. The highest BCUT2D eigenvalue weighted by Gasteiger charge is 2.10. The average Bonchev–Trinajstić information content (AvgIpc) is 2.54. The first-order valence-electron chi connectivity index (χ1n) is 7.94. The minimum atomic E-state index is -0.988. The molecule has 0 unspecified atom stereocenters. The Hall–Kier alpha value is -2.20. The molecule has 0 bridgehead atoms. The number of rotatable bonds is 8. The van der Waals surface area contributed by atoms with Crippen LogP contribution >= 0.6 is 11.6 Å². The average molecular weight is 348 g/mol. The predicted octanol–water partition coefficient (Wildman–Crippen LogP) is 4.93. The third-order valence-corrected chi connectivity index (χ3v) is 3.93. The zero-order chi connectivity index (χ0) is 17.5. The second-order valence-electron chi connectivity index (χ2n) is 5.75. The molecule has 2 aromatic rings. The van der Waals surface area contributed by atoms with Crippen LogP contribution in [0.25, 0.3) is 0 Å². The van der Waals surface area contributed by atoms with Crippen LogP contribution in [-0.2, 0) is 0 Å². The smallest absolute Gasteiger partial charge is 0.337 e. The molecule has 5 heteroatoms. The molecule has 24 heavy (non-hydrogen) atoms. The lowest BCUT2D eigenvalue weighted by atomic mass is 10.1. The van der Waals surface area contributed by atoms with Crippen molar-refractivity contribution >= 4 is 23.3 Å². The van der Waals surface area contributed by atoms with Crippen molar-refractivity contribution in [3.05, 3.63) is 58.1 Å². The van der Waals surface area contributed by atoms with Gasteiger partial charge in [0.25, 0.3) is 0 Å². The second-order valence-corrected chi connectivity index (χ2v) is 6.18. The van der Waals surface area contributed by atoms with Gasteiger partial charge in [0.2, 0.25) is 0 Å². The molecule has 0 saturated carbocycles. The monoisotopic (exact) mass is 347 g/mol. The van der Waals surface area contributed by atoms with E-state index in [2.05, 4.69) is 17.4 Å². The molecule has 128 valence electrons. The highest BCUT2D eigenvalue weighted by molar-refractivity contribution is 6.31. The van der Waals surface area contributed by atoms with E-state index in [0.717, 1.165) is 24.2 Å². The molecular weight excluding hydrogens is 326 g/mol. The van der Waals surface area contributed by atoms with Gasteiger partial charge in [0.05, 0.1) is 12.2 Å². The normalized spacial score (nSPS) is 10.5. The van der Waals surface area contributed by atoms with Gasteiger partial charge in [0, 0.05) is 17.3 Å². The molecule has 2 rings (SSSR count). The van der Waals surface area contributed by atoms with Crippen LogP contribution in [0.5, 0.6) is 5.75 Å². The maximum absolute atomic E-state index is 11.2. The minimum absolute atomic E-state index is 0.189. The Morgan fingerprint density at radius 1 is 1.17 bits per heavy atom. The molecule has 0 spiro atoms. The van der Waals surface area contributed by atoms with Crippen LogP contribution in [0.15, 0.2) is 36.4 Å². The number of hydrogen-bond acceptors (Lipinski definition) is 3. The number of benzene rings is 2. The predicted molar refractivity (Wildman–Crippen MR) is 97.5 cm³/mol. The van der Waals surface area contributed by atoms with Crippen molar-refractivity contribution in [2.24, 2.45) is 0 Å². The lowest BCUT2D eigenvalue weighted by Crippen LogP contribution is -2.09. The third-order valence-electron chi connectivity index (χ3n) is 3.70. The van der Waals surface area contributed by atoms with Crippen molar-refractivity contribution in [1.29, 1.82) is 0 Å². The van der Waals surface area contributed by atoms with E-state index in [9.17, 15) is 9.90 Å². The van der Waals surface area contributed by atoms with E-state index in [1.165, 1.54) is 11.6 Å². The Balaban J connectivity index is 1.76. The fourth-order valence-corrected chi connectivity index (χ4v) is 2.51. The summed E-state index contributed by atoms with van der Waals surface area (Å²) in [4.78, 5) is 11.2. The summed E-state index contributed by atoms with van der Waals surface area (Å²) in [5.74, 6) is -0.0629. The largest absolute Gasteiger partial charge is 0.493 e. The van der Waals surface area contributed by atoms with Crippen molar-refractivity contribution in [1.82, 2.24) is 0 Å². The zero-order valence-corrected chi connectivity index (χ0v) is 14.7. The van der Waals surface area contributed by atoms with Crippen LogP contribution < -0.4 is 10.1 Å². The molecule has 0 fully saturated rings. The number of hydrogen-bond donors (Lipinski definition) is 2. The van der Waals surface area contributed by atoms with E-state index in [-0.39, 0.29) is 5.56 Å². The van der Waals surface area contributed by atoms with E-state index >= 15 is 0 Å². The first-order chi connectivity index (χ1) is 11.5. The molecule has 0 amide bonds. The van der Waals surface area contributed by atoms with Gasteiger partial charge in [-0.15, -0.1) is 0 Å². The Morgan fingerprint density at radius 3 is 2.71 bits per heavy atom. The minimum Gasteiger partial charge on any atom is -0.493 e. The number of carboxylic acid groups (broad SMARTS) is 1. The highest BCUT2D eigenvalue weighted by Crippen LogP contribution is 2.21. The molecule has 0 aliphatic rings. The standard InChI is InChI=1S/C19H22ClNO3/c1-13-5-6-14(2)18(11-13)24-10-4-3-9-21-17-8-7-15(20)12-16(17)19(22)23/h5-8,11-12,21H,3-4,9-10H2,1-2H3,(H,22,23). The number of ether oxygens (including phenoxy) is 1. The number of carboxylic acids is 1. The Labute approximate surface area is 147 Å². The van der Waals surface area contributed by atoms with Crippen LogP contribution in [0.2, 0.25) is 5.02 Å². The number of carbonyl (C=O) groups is 1. The van der Waals surface area contributed by atoms with Gasteiger partial charge in [-0.05, 0) is 62.1 Å². The van der Waals surface area contributed by atoms with Gasteiger partial charge >= 0.3 is 5.97 Å². The van der Waals surface area contributed by atoms with E-state index < -0.39 is 5.97 Å². The molecule has 0 atom stereocenters. The van der Waals surface area contributed by atoms with Crippen LogP contribution in [-0.4, -0.2) is 24.2 Å². The topological polar surface area (TPSA) is 58.6 Å². The van der Waals surface area contributed by atoms with E-state index in [1.54, 1.807) is 12.1 Å². The molecule has 0 saturated heterocycles. The molecule has 2 N–H and O–H groups in total. The quantitative estimate of drug-likeness (QED) is 0.665. The molecular formula is C19H22ClNO3. The maximum Gasteiger partial charge on any atom is 0.337 e. The molecule has 0 heterocycles. The summed E-state index contributed by atoms with van der Waals surface area (Å²) in [6.45, 7) is 5.39. The first-order valence-corrected chi connectivity index (χ1v) is 8.32. The van der Waals surface area contributed by atoms with Crippen molar-refractivity contribution < 1.29 is 14.6 Å². The fourth-order valence-electron chi connectivity index (χ4n) is 2.34. The van der Waals surface area contributed by atoms with Crippen LogP contribution in [0.3, 0.4) is 0 Å². The molecule has 4 nitrogen and oxygen atoms in total. The van der Waals surface area contributed by atoms with Gasteiger partial charge < -0.3 is 15.2 Å². The van der Waals surface area contributed by atoms with Gasteiger partial charge in [-0.25, -0.2) is 4.79 Å². The number of nitrogens with one attached hydrogen (secondary N) is 1. The van der Waals surface area contributed by atoms with Crippen LogP contribution in [0.1, 0.15) is 34.3 Å². The lowest BCUT2D eigenvalue weighted by molar-refractivity contribution is 0.0698. The summed E-state index contributed by atoms with van der Waals surface area (Å²) >= 11 is 5.84. The lowest BCUT2D eigenvalue weighted by Gasteiger charge is -2.11. The molecule has 2 aromatic carbocycles. The summed E-state index contributed by atoms with van der Waals surface area (Å²) in [5, 5.41) is 12.7. The van der Waals surface area contributed by atoms with Gasteiger partial charge in [-0.1, -0.05) is 23.7 Å². The van der Waals surface area contributed by atoms with E-state index in [4.69, 9.17) is 16.3 Å². The maximum atomic E-state index is 11.2. The fraction of sp³-hybridized carbons (Fsp3) is 0.316. The molecule has 0 aliphatic carbocycles. The number of unbranched alkanes of at least 4 members (excludes halogenated alkanes) is 1. The van der Waals surface area contributed by atoms with Gasteiger partial charge in [0.15, 0.2) is 0 Å². The summed E-state index contributed by atoms with van der Waals surface area (Å²) < 4.78 is 5.81. The van der Waals surface area contributed by atoms with Gasteiger partial charge in [0.1, 0.15) is 5.75 Å². The van der Waals surface area contributed by atoms with Crippen molar-refractivity contribution in [2.75, 3.05) is 18.5 Å². The van der Waals surface area contributed by atoms with Crippen molar-refractivity contribution in [2.45, 2.75) is 26.7 Å². The summed E-state index contributed by atoms with van der Waals surface area (Å²) in [7, 11) is 0. The Bertz CT molecular complexity index is 716. The SMILES string of the molecule is Cc1ccc(C)c(OCCCCNc2ccc(Cl)cc2C(=O)O)c1. The van der Waals surface area contributed by atoms with Crippen molar-refractivity contribution in [3.8, 4) is 5.75 Å². The number of aromatic carboxylic acids is 1. The summed E-state index contributed by atoms with van der Waals surface area (Å²) in [6, 6.07) is 11.0. The second kappa shape index (κ2) is 8.60. The molecule has 0 aliphatic heterocycles. The van der Waals surface area contributed by atoms with Gasteiger partial charge in [-0.2, -0.15) is 0 Å². The zero-order valence-electron chi connectivity index (χ0n) is 13.9. The summed E-state index contributed by atoms with van der Waals surface area (Å²) in [6.07, 6.45) is 1.77. The number of anilines is 1. The van der Waals surface area contributed by atoms with E-state index in [0.29, 0.717) is 23.9 Å². The Morgan fingerprint density at radius 2 is 1.96 bits per heavy atom. The Kier molecular flexibility index (Phi) is 6.50. The number of halogens is 1. The van der Waals surface area contributed by atoms with Gasteiger partial charge in [-0.3, -0.25) is 0 Å². The molecule has 0 aromatic heterocycles. The number of aryl methyl sites for hydroxylation is 2.